The summed E-state index contributed by atoms with van der Waals surface area (Å²) in [6.07, 6.45) is 2.36. The number of rotatable bonds is 3. The molecule has 1 aromatic carbocycles. The van der Waals surface area contributed by atoms with Crippen molar-refractivity contribution >= 4 is 35.2 Å². The number of ether oxygens (including phenoxy) is 1. The van der Waals surface area contributed by atoms with Crippen LogP contribution in [0.1, 0.15) is 5.56 Å². The zero-order chi connectivity index (χ0) is 11.4. The topological polar surface area (TPSA) is 46.5 Å². The number of methoxy groups -OCH3 is 1. The molecule has 0 atom stereocenters. The van der Waals surface area contributed by atoms with Gasteiger partial charge in [0.05, 0.1) is 12.1 Å². The molecule has 0 unspecified atom stereocenters. The van der Waals surface area contributed by atoms with Crippen LogP contribution >= 0.6 is 23.2 Å². The van der Waals surface area contributed by atoms with Crippen LogP contribution < -0.4 is 4.74 Å². The summed E-state index contributed by atoms with van der Waals surface area (Å²) in [5.41, 5.74) is 0.532. The molecular formula is C10H8Cl2O3. The summed E-state index contributed by atoms with van der Waals surface area (Å²) in [6, 6.07) is 3.25. The summed E-state index contributed by atoms with van der Waals surface area (Å²) in [7, 11) is 1.48. The van der Waals surface area contributed by atoms with Gasteiger partial charge in [-0.25, -0.2) is 4.79 Å². The molecule has 0 bridgehead atoms. The fourth-order valence-corrected chi connectivity index (χ4v) is 1.46. The third-order valence-electron chi connectivity index (χ3n) is 1.70. The minimum atomic E-state index is -1.04. The fraction of sp³-hybridized carbons (Fsp3) is 0.100. The number of hydrogen-bond acceptors (Lipinski definition) is 2. The maximum absolute atomic E-state index is 10.3. The molecule has 1 N–H and O–H groups in total. The lowest BCUT2D eigenvalue weighted by Crippen LogP contribution is -1.88. The van der Waals surface area contributed by atoms with Crippen LogP contribution in [0.25, 0.3) is 6.08 Å². The highest BCUT2D eigenvalue weighted by Gasteiger charge is 2.08. The molecular weight excluding hydrogens is 239 g/mol. The van der Waals surface area contributed by atoms with Gasteiger partial charge in [-0.3, -0.25) is 0 Å². The van der Waals surface area contributed by atoms with Gasteiger partial charge in [-0.1, -0.05) is 23.2 Å². The van der Waals surface area contributed by atoms with E-state index in [2.05, 4.69) is 0 Å². The van der Waals surface area contributed by atoms with Crippen molar-refractivity contribution in [2.75, 3.05) is 7.11 Å². The van der Waals surface area contributed by atoms with E-state index in [1.54, 1.807) is 12.1 Å². The van der Waals surface area contributed by atoms with Crippen molar-refractivity contribution in [1.82, 2.24) is 0 Å². The lowest BCUT2D eigenvalue weighted by Gasteiger charge is -2.06. The Bertz CT molecular complexity index is 413. The Balaban J connectivity index is 3.12. The molecule has 0 aliphatic carbocycles. The van der Waals surface area contributed by atoms with Crippen LogP contribution in [0.15, 0.2) is 18.2 Å². The van der Waals surface area contributed by atoms with E-state index in [0.29, 0.717) is 11.3 Å². The van der Waals surface area contributed by atoms with Gasteiger partial charge in [0.1, 0.15) is 10.8 Å². The molecule has 15 heavy (non-hydrogen) atoms. The van der Waals surface area contributed by atoms with Gasteiger partial charge < -0.3 is 9.84 Å². The van der Waals surface area contributed by atoms with E-state index in [1.807, 2.05) is 0 Å². The highest BCUT2D eigenvalue weighted by Crippen LogP contribution is 2.34. The molecule has 0 aromatic heterocycles. The van der Waals surface area contributed by atoms with E-state index in [9.17, 15) is 4.79 Å². The number of aliphatic carboxylic acids is 1. The largest absolute Gasteiger partial charge is 0.495 e. The highest BCUT2D eigenvalue weighted by molar-refractivity contribution is 6.43. The summed E-state index contributed by atoms with van der Waals surface area (Å²) < 4.78 is 4.95. The zero-order valence-corrected chi connectivity index (χ0v) is 9.34. The lowest BCUT2D eigenvalue weighted by atomic mass is 10.2. The molecule has 0 spiro atoms. The van der Waals surface area contributed by atoms with Crippen molar-refractivity contribution in [2.45, 2.75) is 0 Å². The Kier molecular flexibility index (Phi) is 4.00. The first-order valence-electron chi connectivity index (χ1n) is 3.99. The van der Waals surface area contributed by atoms with E-state index in [0.717, 1.165) is 6.08 Å². The van der Waals surface area contributed by atoms with E-state index >= 15 is 0 Å². The Hall–Kier alpha value is -1.19. The highest BCUT2D eigenvalue weighted by atomic mass is 35.5. The number of carboxylic acids is 1. The zero-order valence-electron chi connectivity index (χ0n) is 7.83. The standard InChI is InChI=1S/C10H8Cl2O3/c1-15-7-4-2-6(3-5-8(13)14)9(11)10(7)12/h2-5H,1H3,(H,13,14)/b5-3+. The van der Waals surface area contributed by atoms with Crippen LogP contribution in [0.5, 0.6) is 5.75 Å². The third kappa shape index (κ3) is 2.88. The summed E-state index contributed by atoms with van der Waals surface area (Å²) in [5, 5.41) is 8.99. The van der Waals surface area contributed by atoms with E-state index in [4.69, 9.17) is 33.0 Å². The van der Waals surface area contributed by atoms with Crippen LogP contribution in [-0.2, 0) is 4.79 Å². The van der Waals surface area contributed by atoms with Gasteiger partial charge >= 0.3 is 5.97 Å². The molecule has 0 saturated heterocycles. The maximum Gasteiger partial charge on any atom is 0.328 e. The van der Waals surface area contributed by atoms with Crippen molar-refractivity contribution in [2.24, 2.45) is 0 Å². The fourth-order valence-electron chi connectivity index (χ4n) is 0.994. The molecule has 0 aliphatic rings. The maximum atomic E-state index is 10.3. The first-order chi connectivity index (χ1) is 7.06. The number of carboxylic acid groups (broad SMARTS) is 1. The quantitative estimate of drug-likeness (QED) is 0.834. The molecule has 1 rings (SSSR count). The molecule has 3 nitrogen and oxygen atoms in total. The van der Waals surface area contributed by atoms with Gasteiger partial charge in [-0.15, -0.1) is 0 Å². The minimum absolute atomic E-state index is 0.270. The van der Waals surface area contributed by atoms with Crippen molar-refractivity contribution in [3.63, 3.8) is 0 Å². The predicted octanol–water partition coefficient (Wildman–Crippen LogP) is 3.10. The van der Waals surface area contributed by atoms with Gasteiger partial charge in [-0.2, -0.15) is 0 Å². The van der Waals surface area contributed by atoms with Crippen LogP contribution in [0.2, 0.25) is 10.0 Å². The normalized spacial score (nSPS) is 10.6. The van der Waals surface area contributed by atoms with Crippen molar-refractivity contribution < 1.29 is 14.6 Å². The van der Waals surface area contributed by atoms with Crippen LogP contribution in [0.4, 0.5) is 0 Å². The monoisotopic (exact) mass is 246 g/mol. The Morgan fingerprint density at radius 3 is 2.60 bits per heavy atom. The number of halogens is 2. The molecule has 0 amide bonds. The van der Waals surface area contributed by atoms with E-state index in [1.165, 1.54) is 13.2 Å². The van der Waals surface area contributed by atoms with Gasteiger partial charge in [0.25, 0.3) is 0 Å². The van der Waals surface area contributed by atoms with Crippen LogP contribution in [0.3, 0.4) is 0 Å². The van der Waals surface area contributed by atoms with Crippen molar-refractivity contribution in [3.8, 4) is 5.75 Å². The lowest BCUT2D eigenvalue weighted by molar-refractivity contribution is -0.131. The van der Waals surface area contributed by atoms with E-state index < -0.39 is 5.97 Å². The van der Waals surface area contributed by atoms with Crippen LogP contribution in [-0.4, -0.2) is 18.2 Å². The Morgan fingerprint density at radius 1 is 1.40 bits per heavy atom. The Labute approximate surface area is 96.9 Å². The van der Waals surface area contributed by atoms with Crippen molar-refractivity contribution in [3.05, 3.63) is 33.8 Å². The number of benzene rings is 1. The summed E-state index contributed by atoms with van der Waals surface area (Å²) in [5.74, 6) is -0.591. The number of hydrogen-bond donors (Lipinski definition) is 1. The first kappa shape index (κ1) is 11.9. The van der Waals surface area contributed by atoms with Crippen molar-refractivity contribution in [1.29, 1.82) is 0 Å². The van der Waals surface area contributed by atoms with Gasteiger partial charge in [0.2, 0.25) is 0 Å². The summed E-state index contributed by atoms with van der Waals surface area (Å²) in [4.78, 5) is 10.3. The molecule has 0 saturated carbocycles. The van der Waals surface area contributed by atoms with Gasteiger partial charge in [-0.05, 0) is 23.8 Å². The Morgan fingerprint density at radius 2 is 2.07 bits per heavy atom. The van der Waals surface area contributed by atoms with Gasteiger partial charge in [0, 0.05) is 6.08 Å². The second-order valence-electron chi connectivity index (χ2n) is 2.66. The molecule has 0 aliphatic heterocycles. The number of carbonyl (C=O) groups is 1. The molecule has 5 heteroatoms. The molecule has 0 radical (unpaired) electrons. The molecule has 0 fully saturated rings. The van der Waals surface area contributed by atoms with Gasteiger partial charge in [0.15, 0.2) is 0 Å². The van der Waals surface area contributed by atoms with E-state index in [-0.39, 0.29) is 10.0 Å². The SMILES string of the molecule is COc1ccc(/C=C/C(=O)O)c(Cl)c1Cl. The summed E-state index contributed by atoms with van der Waals surface area (Å²) in [6.45, 7) is 0. The minimum Gasteiger partial charge on any atom is -0.495 e. The van der Waals surface area contributed by atoms with Crippen LogP contribution in [0, 0.1) is 0 Å². The summed E-state index contributed by atoms with van der Waals surface area (Å²) >= 11 is 11.8. The second kappa shape index (κ2) is 5.05. The molecule has 1 aromatic rings. The first-order valence-corrected chi connectivity index (χ1v) is 4.75. The third-order valence-corrected chi connectivity index (χ3v) is 2.58. The average molecular weight is 247 g/mol. The smallest absolute Gasteiger partial charge is 0.328 e. The molecule has 80 valence electrons. The molecule has 0 heterocycles. The second-order valence-corrected chi connectivity index (χ2v) is 3.41. The average Bonchev–Trinajstić information content (AvgIpc) is 2.20. The predicted molar refractivity (Wildman–Crippen MR) is 59.7 cm³/mol.